The molecule has 2 aromatic rings. The molecule has 1 amide bonds. The number of nitrogens with two attached hydrogens (primary N) is 1. The number of rotatable bonds is 5. The molecule has 0 aliphatic carbocycles. The normalized spacial score (nSPS) is 10.2. The van der Waals surface area contributed by atoms with Crippen molar-refractivity contribution in [3.05, 3.63) is 30.6 Å². The average molecular weight is 278 g/mol. The van der Waals surface area contributed by atoms with Gasteiger partial charge in [-0.15, -0.1) is 0 Å². The third kappa shape index (κ3) is 3.65. The predicted molar refractivity (Wildman–Crippen MR) is 75.3 cm³/mol. The van der Waals surface area contributed by atoms with Crippen LogP contribution < -0.4 is 15.8 Å². The molecule has 0 bridgehead atoms. The summed E-state index contributed by atoms with van der Waals surface area (Å²) >= 11 is 1.32. The number of anilines is 2. The molecular weight excluding hydrogens is 264 g/mol. The van der Waals surface area contributed by atoms with Gasteiger partial charge >= 0.3 is 0 Å². The smallest absolute Gasteiger partial charge is 0.234 e. The zero-order chi connectivity index (χ0) is 13.7. The molecule has 1 aromatic heterocycles. The Balaban J connectivity index is 1.96. The molecule has 0 aliphatic rings. The van der Waals surface area contributed by atoms with Gasteiger partial charge in [-0.2, -0.15) is 0 Å². The van der Waals surface area contributed by atoms with Gasteiger partial charge in [0.15, 0.2) is 5.16 Å². The minimum absolute atomic E-state index is 0.148. The van der Waals surface area contributed by atoms with Gasteiger partial charge in [0.1, 0.15) is 5.75 Å². The van der Waals surface area contributed by atoms with E-state index in [9.17, 15) is 4.79 Å². The Bertz CT molecular complexity index is 557. The summed E-state index contributed by atoms with van der Waals surface area (Å²) in [6.45, 7) is 0. The average Bonchev–Trinajstić information content (AvgIpc) is 2.90. The van der Waals surface area contributed by atoms with Crippen LogP contribution in [0.15, 0.2) is 35.7 Å². The lowest BCUT2D eigenvalue weighted by Crippen LogP contribution is -2.15. The fourth-order valence-electron chi connectivity index (χ4n) is 1.47. The van der Waals surface area contributed by atoms with E-state index in [-0.39, 0.29) is 11.7 Å². The molecular formula is C12H14N4O2S. The number of aromatic nitrogens is 2. The quantitative estimate of drug-likeness (QED) is 0.572. The number of hydrogen-bond acceptors (Lipinski definition) is 5. The number of hydrogen-bond donors (Lipinski definition) is 3. The van der Waals surface area contributed by atoms with Gasteiger partial charge in [-0.05, 0) is 18.2 Å². The number of nitrogens with zero attached hydrogens (tertiary/aromatic N) is 1. The monoisotopic (exact) mass is 278 g/mol. The van der Waals surface area contributed by atoms with Crippen molar-refractivity contribution in [2.45, 2.75) is 5.16 Å². The number of nitrogens with one attached hydrogen (secondary N) is 2. The second-order valence-corrected chi connectivity index (χ2v) is 4.65. The van der Waals surface area contributed by atoms with Gasteiger partial charge < -0.3 is 20.8 Å². The Kier molecular flexibility index (Phi) is 4.30. The number of imidazole rings is 1. The molecule has 2 rings (SSSR count). The van der Waals surface area contributed by atoms with E-state index in [2.05, 4.69) is 15.3 Å². The van der Waals surface area contributed by atoms with Crippen LogP contribution in [0.2, 0.25) is 0 Å². The molecule has 100 valence electrons. The van der Waals surface area contributed by atoms with Gasteiger partial charge in [0.25, 0.3) is 0 Å². The number of methoxy groups -OCH3 is 1. The Hall–Kier alpha value is -2.15. The first kappa shape index (κ1) is 13.3. The molecule has 6 nitrogen and oxygen atoms in total. The highest BCUT2D eigenvalue weighted by Crippen LogP contribution is 2.26. The van der Waals surface area contributed by atoms with Gasteiger partial charge in [0, 0.05) is 18.1 Å². The molecule has 0 radical (unpaired) electrons. The molecule has 1 aromatic carbocycles. The molecule has 0 aliphatic heterocycles. The van der Waals surface area contributed by atoms with Gasteiger partial charge in [0.2, 0.25) is 5.91 Å². The van der Waals surface area contributed by atoms with Crippen LogP contribution in [0.5, 0.6) is 5.75 Å². The lowest BCUT2D eigenvalue weighted by molar-refractivity contribution is -0.113. The molecule has 0 saturated carbocycles. The number of ether oxygens (including phenoxy) is 1. The first-order valence-corrected chi connectivity index (χ1v) is 6.53. The van der Waals surface area contributed by atoms with Crippen LogP contribution in [0.25, 0.3) is 0 Å². The van der Waals surface area contributed by atoms with E-state index in [0.29, 0.717) is 22.3 Å². The van der Waals surface area contributed by atoms with E-state index >= 15 is 0 Å². The van der Waals surface area contributed by atoms with E-state index < -0.39 is 0 Å². The number of thioether (sulfide) groups is 1. The first-order chi connectivity index (χ1) is 9.19. The van der Waals surface area contributed by atoms with E-state index in [0.717, 1.165) is 0 Å². The summed E-state index contributed by atoms with van der Waals surface area (Å²) in [5.74, 6) is 0.682. The van der Waals surface area contributed by atoms with Crippen molar-refractivity contribution >= 4 is 29.0 Å². The maximum absolute atomic E-state index is 11.8. The summed E-state index contributed by atoms with van der Waals surface area (Å²) < 4.78 is 5.16. The van der Waals surface area contributed by atoms with Crippen molar-refractivity contribution in [2.24, 2.45) is 0 Å². The highest BCUT2D eigenvalue weighted by Gasteiger charge is 2.09. The van der Waals surface area contributed by atoms with Crippen molar-refractivity contribution in [3.8, 4) is 5.75 Å². The Labute approximate surface area is 114 Å². The second-order valence-electron chi connectivity index (χ2n) is 3.69. The maximum atomic E-state index is 11.8. The van der Waals surface area contributed by atoms with Crippen LogP contribution in [-0.2, 0) is 4.79 Å². The van der Waals surface area contributed by atoms with Gasteiger partial charge in [-0.1, -0.05) is 11.8 Å². The minimum Gasteiger partial charge on any atom is -0.495 e. The molecule has 0 saturated heterocycles. The number of H-pyrrole nitrogens is 1. The predicted octanol–water partition coefficient (Wildman–Crippen LogP) is 1.73. The Morgan fingerprint density at radius 3 is 3.11 bits per heavy atom. The number of carbonyl (C=O) groups is 1. The minimum atomic E-state index is -0.148. The highest BCUT2D eigenvalue weighted by molar-refractivity contribution is 7.99. The Morgan fingerprint density at radius 2 is 2.42 bits per heavy atom. The summed E-state index contributed by atoms with van der Waals surface area (Å²) in [7, 11) is 1.54. The standard InChI is InChI=1S/C12H14N4O2S/c1-18-10-3-2-8(13)6-9(10)16-11(17)7-19-12-14-4-5-15-12/h2-6H,7,13H2,1H3,(H,14,15)(H,16,17). The summed E-state index contributed by atoms with van der Waals surface area (Å²) in [5, 5.41) is 3.46. The maximum Gasteiger partial charge on any atom is 0.234 e. The van der Waals surface area contributed by atoms with Crippen LogP contribution in [0.1, 0.15) is 0 Å². The summed E-state index contributed by atoms with van der Waals surface area (Å²) in [4.78, 5) is 18.8. The van der Waals surface area contributed by atoms with Crippen molar-refractivity contribution < 1.29 is 9.53 Å². The Morgan fingerprint density at radius 1 is 1.58 bits per heavy atom. The number of nitrogen functional groups attached to an aromatic ring is 1. The number of benzene rings is 1. The fraction of sp³-hybridized carbons (Fsp3) is 0.167. The molecule has 4 N–H and O–H groups in total. The van der Waals surface area contributed by atoms with Crippen molar-refractivity contribution in [3.63, 3.8) is 0 Å². The van der Waals surface area contributed by atoms with Crippen LogP contribution in [0, 0.1) is 0 Å². The van der Waals surface area contributed by atoms with Crippen LogP contribution in [-0.4, -0.2) is 28.7 Å². The molecule has 1 heterocycles. The van der Waals surface area contributed by atoms with Crippen LogP contribution in [0.4, 0.5) is 11.4 Å². The van der Waals surface area contributed by atoms with Crippen molar-refractivity contribution in [1.29, 1.82) is 0 Å². The first-order valence-electron chi connectivity index (χ1n) is 5.54. The van der Waals surface area contributed by atoms with E-state index in [1.54, 1.807) is 37.7 Å². The van der Waals surface area contributed by atoms with Crippen LogP contribution in [0.3, 0.4) is 0 Å². The third-order valence-corrected chi connectivity index (χ3v) is 3.21. The van der Waals surface area contributed by atoms with Gasteiger partial charge in [0.05, 0.1) is 18.6 Å². The van der Waals surface area contributed by atoms with Crippen molar-refractivity contribution in [2.75, 3.05) is 23.9 Å². The molecule has 0 unspecified atom stereocenters. The third-order valence-electron chi connectivity index (χ3n) is 2.31. The van der Waals surface area contributed by atoms with E-state index in [1.165, 1.54) is 11.8 Å². The molecule has 0 atom stereocenters. The largest absolute Gasteiger partial charge is 0.495 e. The van der Waals surface area contributed by atoms with Gasteiger partial charge in [-0.3, -0.25) is 4.79 Å². The molecule has 0 spiro atoms. The topological polar surface area (TPSA) is 93.0 Å². The SMILES string of the molecule is COc1ccc(N)cc1NC(=O)CSc1ncc[nH]1. The van der Waals surface area contributed by atoms with E-state index in [4.69, 9.17) is 10.5 Å². The second kappa shape index (κ2) is 6.14. The summed E-state index contributed by atoms with van der Waals surface area (Å²) in [6, 6.07) is 5.09. The molecule has 7 heteroatoms. The number of carbonyl (C=O) groups excluding carboxylic acids is 1. The molecule has 19 heavy (non-hydrogen) atoms. The summed E-state index contributed by atoms with van der Waals surface area (Å²) in [6.07, 6.45) is 3.35. The lowest BCUT2D eigenvalue weighted by Gasteiger charge is -2.10. The highest BCUT2D eigenvalue weighted by atomic mass is 32.2. The van der Waals surface area contributed by atoms with Crippen molar-refractivity contribution in [1.82, 2.24) is 9.97 Å². The molecule has 0 fully saturated rings. The fourth-order valence-corrected chi connectivity index (χ4v) is 2.10. The number of aromatic amines is 1. The van der Waals surface area contributed by atoms with E-state index in [1.807, 2.05) is 0 Å². The number of amides is 1. The van der Waals surface area contributed by atoms with Gasteiger partial charge in [-0.25, -0.2) is 4.98 Å². The zero-order valence-electron chi connectivity index (χ0n) is 10.3. The van der Waals surface area contributed by atoms with Crippen LogP contribution >= 0.6 is 11.8 Å². The summed E-state index contributed by atoms with van der Waals surface area (Å²) in [5.41, 5.74) is 6.81. The zero-order valence-corrected chi connectivity index (χ0v) is 11.2. The lowest BCUT2D eigenvalue weighted by atomic mass is 10.2.